The Bertz CT molecular complexity index is 584. The lowest BCUT2D eigenvalue weighted by molar-refractivity contribution is 0.0217. The summed E-state index contributed by atoms with van der Waals surface area (Å²) < 4.78 is 11.8. The first-order valence-corrected chi connectivity index (χ1v) is 7.32. The lowest BCUT2D eigenvalue weighted by Gasteiger charge is -2.16. The molecule has 0 amide bonds. The zero-order chi connectivity index (χ0) is 14.7. The van der Waals surface area contributed by atoms with Crippen molar-refractivity contribution in [1.29, 1.82) is 0 Å². The molecule has 20 heavy (non-hydrogen) atoms. The van der Waals surface area contributed by atoms with Gasteiger partial charge in [0, 0.05) is 22.3 Å². The highest BCUT2D eigenvalue weighted by atomic mass is 79.9. The molecule has 5 nitrogen and oxygen atoms in total. The van der Waals surface area contributed by atoms with Crippen LogP contribution in [0.25, 0.3) is 11.5 Å². The molecule has 0 bridgehead atoms. The molecule has 0 fully saturated rings. The van der Waals surface area contributed by atoms with Crippen LogP contribution in [-0.4, -0.2) is 16.7 Å². The fourth-order valence-corrected chi connectivity index (χ4v) is 2.14. The summed E-state index contributed by atoms with van der Waals surface area (Å²) in [6.45, 7) is 6.69. The summed E-state index contributed by atoms with van der Waals surface area (Å²) in [4.78, 5) is 4.42. The van der Waals surface area contributed by atoms with E-state index in [9.17, 15) is 0 Å². The SMILES string of the molecule is CCOC(c1noc(-c2ccc(Br)c(N)c2)n1)C(C)C. The number of nitrogens with two attached hydrogens (primary N) is 1. The third-order valence-electron chi connectivity index (χ3n) is 2.89. The Balaban J connectivity index is 2.29. The third-order valence-corrected chi connectivity index (χ3v) is 3.61. The van der Waals surface area contributed by atoms with Gasteiger partial charge in [0.05, 0.1) is 0 Å². The van der Waals surface area contributed by atoms with Crippen LogP contribution in [0, 0.1) is 5.92 Å². The second-order valence-electron chi connectivity index (χ2n) is 4.81. The summed E-state index contributed by atoms with van der Waals surface area (Å²) in [6.07, 6.45) is -0.162. The predicted molar refractivity (Wildman–Crippen MR) is 81.1 cm³/mol. The Labute approximate surface area is 126 Å². The van der Waals surface area contributed by atoms with Gasteiger partial charge in [-0.1, -0.05) is 19.0 Å². The van der Waals surface area contributed by atoms with E-state index in [0.717, 1.165) is 10.0 Å². The fourth-order valence-electron chi connectivity index (χ4n) is 1.89. The maximum absolute atomic E-state index is 5.86. The Morgan fingerprint density at radius 3 is 2.75 bits per heavy atom. The van der Waals surface area contributed by atoms with Gasteiger partial charge in [-0.05, 0) is 47.0 Å². The molecule has 1 heterocycles. The molecular formula is C14H18BrN3O2. The minimum absolute atomic E-state index is 0.162. The molecule has 1 aromatic heterocycles. The number of rotatable bonds is 5. The van der Waals surface area contributed by atoms with Crippen molar-refractivity contribution in [1.82, 2.24) is 10.1 Å². The van der Waals surface area contributed by atoms with E-state index in [1.165, 1.54) is 0 Å². The molecule has 0 aliphatic rings. The molecule has 2 aromatic rings. The van der Waals surface area contributed by atoms with Crippen LogP contribution in [0.2, 0.25) is 0 Å². The van der Waals surface area contributed by atoms with Crippen molar-refractivity contribution in [2.75, 3.05) is 12.3 Å². The summed E-state index contributed by atoms with van der Waals surface area (Å²) in [5.74, 6) is 1.29. The van der Waals surface area contributed by atoms with E-state index in [0.29, 0.717) is 24.0 Å². The van der Waals surface area contributed by atoms with Crippen molar-refractivity contribution in [2.24, 2.45) is 5.92 Å². The molecule has 0 saturated carbocycles. The van der Waals surface area contributed by atoms with Crippen LogP contribution in [0.4, 0.5) is 5.69 Å². The zero-order valence-corrected chi connectivity index (χ0v) is 13.3. The van der Waals surface area contributed by atoms with Crippen LogP contribution < -0.4 is 5.73 Å². The first kappa shape index (κ1) is 15.0. The topological polar surface area (TPSA) is 74.2 Å². The second-order valence-corrected chi connectivity index (χ2v) is 5.67. The van der Waals surface area contributed by atoms with Crippen molar-refractivity contribution < 1.29 is 9.26 Å². The van der Waals surface area contributed by atoms with E-state index in [4.69, 9.17) is 15.0 Å². The minimum Gasteiger partial charge on any atom is -0.398 e. The van der Waals surface area contributed by atoms with Gasteiger partial charge < -0.3 is 15.0 Å². The molecule has 108 valence electrons. The lowest BCUT2D eigenvalue weighted by atomic mass is 10.1. The van der Waals surface area contributed by atoms with Gasteiger partial charge >= 0.3 is 0 Å². The fraction of sp³-hybridized carbons (Fsp3) is 0.429. The molecule has 1 unspecified atom stereocenters. The number of ether oxygens (including phenoxy) is 1. The quantitative estimate of drug-likeness (QED) is 0.838. The number of hydrogen-bond acceptors (Lipinski definition) is 5. The van der Waals surface area contributed by atoms with E-state index in [1.807, 2.05) is 19.1 Å². The van der Waals surface area contributed by atoms with E-state index < -0.39 is 0 Å². The first-order valence-electron chi connectivity index (χ1n) is 6.53. The summed E-state index contributed by atoms with van der Waals surface area (Å²) >= 11 is 3.36. The monoisotopic (exact) mass is 339 g/mol. The Hall–Kier alpha value is -1.40. The van der Waals surface area contributed by atoms with Crippen molar-refractivity contribution in [3.8, 4) is 11.5 Å². The number of nitrogens with zero attached hydrogens (tertiary/aromatic N) is 2. The number of aromatic nitrogens is 2. The molecule has 0 radical (unpaired) electrons. The Kier molecular flexibility index (Phi) is 4.77. The van der Waals surface area contributed by atoms with Gasteiger partial charge in [-0.25, -0.2) is 0 Å². The van der Waals surface area contributed by atoms with Crippen molar-refractivity contribution in [3.05, 3.63) is 28.5 Å². The number of halogens is 1. The molecular weight excluding hydrogens is 322 g/mol. The standard InChI is InChI=1S/C14H18BrN3O2/c1-4-19-12(8(2)3)13-17-14(20-18-13)9-5-6-10(15)11(16)7-9/h5-8,12H,4,16H2,1-3H3. The van der Waals surface area contributed by atoms with Crippen LogP contribution in [0.1, 0.15) is 32.7 Å². The molecule has 1 aromatic carbocycles. The Morgan fingerprint density at radius 1 is 1.40 bits per heavy atom. The van der Waals surface area contributed by atoms with Gasteiger partial charge in [0.25, 0.3) is 5.89 Å². The van der Waals surface area contributed by atoms with Gasteiger partial charge in [0.15, 0.2) is 0 Å². The predicted octanol–water partition coefficient (Wildman–Crippen LogP) is 3.81. The molecule has 0 saturated heterocycles. The number of anilines is 1. The van der Waals surface area contributed by atoms with Crippen LogP contribution >= 0.6 is 15.9 Å². The second kappa shape index (κ2) is 6.37. The van der Waals surface area contributed by atoms with Gasteiger partial charge in [-0.2, -0.15) is 4.98 Å². The Morgan fingerprint density at radius 2 is 2.15 bits per heavy atom. The summed E-state index contributed by atoms with van der Waals surface area (Å²) in [6, 6.07) is 5.53. The first-order chi connectivity index (χ1) is 9.52. The van der Waals surface area contributed by atoms with Gasteiger partial charge in [0.2, 0.25) is 5.82 Å². The molecule has 0 spiro atoms. The van der Waals surface area contributed by atoms with Crippen molar-refractivity contribution in [3.63, 3.8) is 0 Å². The molecule has 6 heteroatoms. The zero-order valence-electron chi connectivity index (χ0n) is 11.8. The molecule has 2 N–H and O–H groups in total. The molecule has 1 atom stereocenters. The van der Waals surface area contributed by atoms with Gasteiger partial charge in [0.1, 0.15) is 6.10 Å². The summed E-state index contributed by atoms with van der Waals surface area (Å²) in [7, 11) is 0. The number of benzene rings is 1. The third kappa shape index (κ3) is 3.19. The number of hydrogen-bond donors (Lipinski definition) is 1. The van der Waals surface area contributed by atoms with Gasteiger partial charge in [-0.15, -0.1) is 0 Å². The van der Waals surface area contributed by atoms with Crippen LogP contribution in [0.3, 0.4) is 0 Å². The largest absolute Gasteiger partial charge is 0.398 e. The average molecular weight is 340 g/mol. The molecule has 0 aliphatic heterocycles. The summed E-state index contributed by atoms with van der Waals surface area (Å²) in [5, 5.41) is 4.02. The van der Waals surface area contributed by atoms with Crippen molar-refractivity contribution in [2.45, 2.75) is 26.9 Å². The van der Waals surface area contributed by atoms with E-state index in [-0.39, 0.29) is 12.0 Å². The van der Waals surface area contributed by atoms with E-state index in [1.54, 1.807) is 6.07 Å². The van der Waals surface area contributed by atoms with Crippen LogP contribution in [0.15, 0.2) is 27.2 Å². The smallest absolute Gasteiger partial charge is 0.258 e. The van der Waals surface area contributed by atoms with E-state index >= 15 is 0 Å². The normalized spacial score (nSPS) is 12.8. The highest BCUT2D eigenvalue weighted by molar-refractivity contribution is 9.10. The van der Waals surface area contributed by atoms with E-state index in [2.05, 4.69) is 39.9 Å². The molecule has 2 rings (SSSR count). The highest BCUT2D eigenvalue weighted by Gasteiger charge is 2.22. The maximum Gasteiger partial charge on any atom is 0.258 e. The lowest BCUT2D eigenvalue weighted by Crippen LogP contribution is -2.12. The minimum atomic E-state index is -0.162. The highest BCUT2D eigenvalue weighted by Crippen LogP contribution is 2.29. The summed E-state index contributed by atoms with van der Waals surface area (Å²) in [5.41, 5.74) is 7.29. The maximum atomic E-state index is 5.86. The molecule has 0 aliphatic carbocycles. The van der Waals surface area contributed by atoms with Gasteiger partial charge in [-0.3, -0.25) is 0 Å². The van der Waals surface area contributed by atoms with Crippen LogP contribution in [0.5, 0.6) is 0 Å². The average Bonchev–Trinajstić information content (AvgIpc) is 2.88. The van der Waals surface area contributed by atoms with Crippen molar-refractivity contribution >= 4 is 21.6 Å². The van der Waals surface area contributed by atoms with Crippen LogP contribution in [-0.2, 0) is 4.74 Å². The number of nitrogen functional groups attached to an aromatic ring is 1.